The Morgan fingerprint density at radius 2 is 1.85 bits per heavy atom. The molecule has 2 aromatic rings. The Balaban J connectivity index is 1.82. The summed E-state index contributed by atoms with van der Waals surface area (Å²) in [6.45, 7) is 0.986. The van der Waals surface area contributed by atoms with Gasteiger partial charge in [-0.1, -0.05) is 37.2 Å². The van der Waals surface area contributed by atoms with E-state index in [1.807, 2.05) is 38.1 Å². The van der Waals surface area contributed by atoms with Crippen LogP contribution in [0.2, 0.25) is 0 Å². The van der Waals surface area contributed by atoms with Crippen molar-refractivity contribution < 1.29 is 23.1 Å². The normalized spacial score (nSPS) is 11.2. The number of hydrogen-bond donors (Lipinski definition) is 1. The van der Waals surface area contributed by atoms with Crippen LogP contribution in [0.15, 0.2) is 53.7 Å². The van der Waals surface area contributed by atoms with Gasteiger partial charge in [-0.05, 0) is 47.4 Å². The number of carbonyl (C=O) groups is 1. The number of amides is 1. The Morgan fingerprint density at radius 3 is 2.50 bits per heavy atom. The molecule has 7 heteroatoms. The summed E-state index contributed by atoms with van der Waals surface area (Å²) in [6, 6.07) is 13.4. The molecule has 0 heterocycles. The fourth-order valence-corrected chi connectivity index (χ4v) is 2.23. The first-order valence-electron chi connectivity index (χ1n) is 8.04. The maximum absolute atomic E-state index is 12.1. The van der Waals surface area contributed by atoms with Crippen LogP contribution in [0.1, 0.15) is 30.9 Å². The molecule has 0 bridgehead atoms. The summed E-state index contributed by atoms with van der Waals surface area (Å²) < 4.78 is 28.4. The predicted molar refractivity (Wildman–Crippen MR) is 95.8 cm³/mol. The Hall–Kier alpha value is -2.96. The average Bonchev–Trinajstić information content (AvgIpc) is 2.60. The van der Waals surface area contributed by atoms with Crippen molar-refractivity contribution in [3.63, 3.8) is 0 Å². The predicted octanol–water partition coefficient (Wildman–Crippen LogP) is 4.40. The van der Waals surface area contributed by atoms with E-state index in [1.54, 1.807) is 12.1 Å². The van der Waals surface area contributed by atoms with E-state index in [0.29, 0.717) is 5.56 Å². The highest BCUT2D eigenvalue weighted by Gasteiger charge is 2.09. The van der Waals surface area contributed by atoms with Crippen LogP contribution in [0.5, 0.6) is 5.75 Å². The lowest BCUT2D eigenvalue weighted by molar-refractivity contribution is -0.120. The molecule has 0 saturated carbocycles. The lowest BCUT2D eigenvalue weighted by Crippen LogP contribution is -2.18. The van der Waals surface area contributed by atoms with Crippen molar-refractivity contribution in [2.75, 3.05) is 11.9 Å². The Morgan fingerprint density at radius 1 is 1.15 bits per heavy atom. The van der Waals surface area contributed by atoms with E-state index in [0.717, 1.165) is 11.3 Å². The zero-order valence-corrected chi connectivity index (χ0v) is 14.5. The molecule has 138 valence electrons. The van der Waals surface area contributed by atoms with Crippen molar-refractivity contribution in [3.05, 3.63) is 59.7 Å². The number of nitrogens with one attached hydrogen (secondary N) is 1. The van der Waals surface area contributed by atoms with Crippen molar-refractivity contribution >= 4 is 17.8 Å². The largest absolute Gasteiger partial charge is 0.435 e. The quantitative estimate of drug-likeness (QED) is 0.559. The standard InChI is InChI=1S/C19H20F2N2O3/c1-13(2)16-5-3-4-6-17(16)23-18(24)12-25-22-11-14-7-9-15(10-8-14)26-19(20)21/h3-11,13,19H,12H2,1-2H3,(H,23,24)/b22-11-. The molecule has 0 aliphatic carbocycles. The van der Waals surface area contributed by atoms with Crippen molar-refractivity contribution in [1.82, 2.24) is 0 Å². The van der Waals surface area contributed by atoms with Crippen molar-refractivity contribution in [2.45, 2.75) is 26.4 Å². The number of rotatable bonds is 8. The number of oxime groups is 1. The highest BCUT2D eigenvalue weighted by atomic mass is 19.3. The van der Waals surface area contributed by atoms with Gasteiger partial charge < -0.3 is 14.9 Å². The zero-order valence-electron chi connectivity index (χ0n) is 14.5. The van der Waals surface area contributed by atoms with Gasteiger partial charge in [-0.25, -0.2) is 0 Å². The van der Waals surface area contributed by atoms with Crippen LogP contribution in [0.4, 0.5) is 14.5 Å². The third kappa shape index (κ3) is 6.16. The molecular formula is C19H20F2N2O3. The van der Waals surface area contributed by atoms with Crippen LogP contribution in [0, 0.1) is 0 Å². The monoisotopic (exact) mass is 362 g/mol. The number of para-hydroxylation sites is 1. The molecule has 0 unspecified atom stereocenters. The van der Waals surface area contributed by atoms with E-state index in [1.165, 1.54) is 18.3 Å². The van der Waals surface area contributed by atoms with Crippen LogP contribution in [-0.4, -0.2) is 25.3 Å². The van der Waals surface area contributed by atoms with Crippen LogP contribution in [0.3, 0.4) is 0 Å². The smallest absolute Gasteiger partial charge is 0.387 e. The van der Waals surface area contributed by atoms with Gasteiger partial charge in [0.15, 0.2) is 6.61 Å². The lowest BCUT2D eigenvalue weighted by Gasteiger charge is -2.13. The van der Waals surface area contributed by atoms with Gasteiger partial charge >= 0.3 is 6.61 Å². The molecule has 0 aromatic heterocycles. The molecule has 2 aromatic carbocycles. The second kappa shape index (κ2) is 9.50. The summed E-state index contributed by atoms with van der Waals surface area (Å²) in [5.41, 5.74) is 2.40. The van der Waals surface area contributed by atoms with E-state index in [9.17, 15) is 13.6 Å². The Labute approximate surface area is 150 Å². The highest BCUT2D eigenvalue weighted by molar-refractivity contribution is 5.92. The highest BCUT2D eigenvalue weighted by Crippen LogP contribution is 2.23. The van der Waals surface area contributed by atoms with E-state index < -0.39 is 6.61 Å². The second-order valence-corrected chi connectivity index (χ2v) is 5.75. The number of nitrogens with zero attached hydrogens (tertiary/aromatic N) is 1. The van der Waals surface area contributed by atoms with E-state index in [2.05, 4.69) is 15.2 Å². The van der Waals surface area contributed by atoms with E-state index >= 15 is 0 Å². The summed E-state index contributed by atoms with van der Waals surface area (Å²) in [5, 5.41) is 6.49. The van der Waals surface area contributed by atoms with Gasteiger partial charge in [0.05, 0.1) is 6.21 Å². The average molecular weight is 362 g/mol. The van der Waals surface area contributed by atoms with Gasteiger partial charge in [-0.15, -0.1) is 0 Å². The third-order valence-electron chi connectivity index (χ3n) is 3.43. The summed E-state index contributed by atoms with van der Waals surface area (Å²) in [4.78, 5) is 16.9. The molecule has 0 atom stereocenters. The van der Waals surface area contributed by atoms with Gasteiger partial charge in [-0.2, -0.15) is 8.78 Å². The molecule has 0 aliphatic heterocycles. The summed E-state index contributed by atoms with van der Waals surface area (Å²) in [5.74, 6) is 0.0136. The first-order valence-corrected chi connectivity index (χ1v) is 8.04. The number of ether oxygens (including phenoxy) is 1. The SMILES string of the molecule is CC(C)c1ccccc1NC(=O)CO/N=C\c1ccc(OC(F)F)cc1. The van der Waals surface area contributed by atoms with Gasteiger partial charge in [0.1, 0.15) is 5.75 Å². The number of alkyl halides is 2. The minimum absolute atomic E-state index is 0.0567. The number of carbonyl (C=O) groups excluding carboxylic acids is 1. The van der Waals surface area contributed by atoms with Crippen molar-refractivity contribution in [2.24, 2.45) is 5.16 Å². The molecule has 0 aliphatic rings. The number of hydrogen-bond acceptors (Lipinski definition) is 4. The number of benzene rings is 2. The topological polar surface area (TPSA) is 59.9 Å². The number of halogens is 2. The minimum Gasteiger partial charge on any atom is -0.435 e. The van der Waals surface area contributed by atoms with Crippen LogP contribution in [-0.2, 0) is 9.63 Å². The lowest BCUT2D eigenvalue weighted by atomic mass is 10.0. The van der Waals surface area contributed by atoms with Gasteiger partial charge in [0.25, 0.3) is 5.91 Å². The van der Waals surface area contributed by atoms with Crippen LogP contribution >= 0.6 is 0 Å². The summed E-state index contributed by atoms with van der Waals surface area (Å²) in [6.07, 6.45) is 1.38. The summed E-state index contributed by atoms with van der Waals surface area (Å²) in [7, 11) is 0. The van der Waals surface area contributed by atoms with E-state index in [4.69, 9.17) is 4.84 Å². The molecule has 0 spiro atoms. The molecule has 0 fully saturated rings. The molecule has 0 saturated heterocycles. The molecule has 0 radical (unpaired) electrons. The van der Waals surface area contributed by atoms with Crippen LogP contribution < -0.4 is 10.1 Å². The zero-order chi connectivity index (χ0) is 18.9. The Kier molecular flexibility index (Phi) is 7.08. The molecule has 26 heavy (non-hydrogen) atoms. The molecular weight excluding hydrogens is 342 g/mol. The molecule has 5 nitrogen and oxygen atoms in total. The van der Waals surface area contributed by atoms with Gasteiger partial charge in [-0.3, -0.25) is 4.79 Å². The maximum atomic E-state index is 12.1. The van der Waals surface area contributed by atoms with Crippen LogP contribution in [0.25, 0.3) is 0 Å². The fraction of sp³-hybridized carbons (Fsp3) is 0.263. The minimum atomic E-state index is -2.86. The van der Waals surface area contributed by atoms with E-state index in [-0.39, 0.29) is 24.2 Å². The molecule has 2 rings (SSSR count). The fourth-order valence-electron chi connectivity index (χ4n) is 2.23. The molecule has 1 N–H and O–H groups in total. The van der Waals surface area contributed by atoms with Crippen molar-refractivity contribution in [1.29, 1.82) is 0 Å². The summed E-state index contributed by atoms with van der Waals surface area (Å²) >= 11 is 0. The first kappa shape index (κ1) is 19.4. The first-order chi connectivity index (χ1) is 12.5. The van der Waals surface area contributed by atoms with Gasteiger partial charge in [0.2, 0.25) is 0 Å². The van der Waals surface area contributed by atoms with Crippen molar-refractivity contribution in [3.8, 4) is 5.75 Å². The number of anilines is 1. The molecule has 1 amide bonds. The second-order valence-electron chi connectivity index (χ2n) is 5.75. The maximum Gasteiger partial charge on any atom is 0.387 e. The third-order valence-corrected chi connectivity index (χ3v) is 3.43. The Bertz CT molecular complexity index is 747. The van der Waals surface area contributed by atoms with Gasteiger partial charge in [0, 0.05) is 5.69 Å².